The molecule has 0 aromatic rings. The Bertz CT molecular complexity index is 165. The molecule has 0 aromatic heterocycles. The van der Waals surface area contributed by atoms with Crippen molar-refractivity contribution in [3.05, 3.63) is 0 Å². The molecule has 0 rings (SSSR count). The number of aliphatic carboxylic acids is 1. The van der Waals surface area contributed by atoms with E-state index in [0.29, 0.717) is 6.04 Å². The van der Waals surface area contributed by atoms with E-state index in [4.69, 9.17) is 21.0 Å². The molecule has 0 saturated carbocycles. The Balaban J connectivity index is 0. The van der Waals surface area contributed by atoms with Crippen LogP contribution in [-0.4, -0.2) is 34.5 Å². The Hall–Kier alpha value is -1.26. The zero-order valence-electron chi connectivity index (χ0n) is 8.66. The second-order valence-corrected chi connectivity index (χ2v) is 2.78. The molecular weight excluding hydrogens is 170 g/mol. The summed E-state index contributed by atoms with van der Waals surface area (Å²) in [6.07, 6.45) is 0. The maximum Gasteiger partial charge on any atom is 0.300 e. The van der Waals surface area contributed by atoms with Crippen molar-refractivity contribution in [2.24, 2.45) is 5.73 Å². The minimum Gasteiger partial charge on any atom is -0.481 e. The molecule has 0 aliphatic carbocycles. The average molecular weight is 189 g/mol. The summed E-state index contributed by atoms with van der Waals surface area (Å²) in [6.45, 7) is 7.92. The first kappa shape index (κ1) is 14.3. The molecule has 0 fully saturated rings. The first-order valence-electron chi connectivity index (χ1n) is 4.13. The van der Waals surface area contributed by atoms with Crippen LogP contribution in [-0.2, 0) is 4.79 Å². The van der Waals surface area contributed by atoms with Gasteiger partial charge in [-0.2, -0.15) is 0 Å². The van der Waals surface area contributed by atoms with Gasteiger partial charge in [-0.25, -0.2) is 0 Å². The van der Waals surface area contributed by atoms with Crippen molar-refractivity contribution in [1.29, 1.82) is 5.41 Å². The van der Waals surface area contributed by atoms with Crippen LogP contribution >= 0.6 is 0 Å². The molecule has 5 heteroatoms. The SMILES string of the molecule is CC(=O)O.CCN(C(=N)N)C(C)C. The van der Waals surface area contributed by atoms with Crippen LogP contribution in [0.3, 0.4) is 0 Å². The maximum atomic E-state index is 9.00. The van der Waals surface area contributed by atoms with Gasteiger partial charge in [-0.05, 0) is 20.8 Å². The first-order valence-corrected chi connectivity index (χ1v) is 4.13. The fraction of sp³-hybridized carbons (Fsp3) is 0.750. The van der Waals surface area contributed by atoms with Crippen molar-refractivity contribution in [2.45, 2.75) is 33.7 Å². The number of carbonyl (C=O) groups is 1. The smallest absolute Gasteiger partial charge is 0.300 e. The number of nitrogens with zero attached hydrogens (tertiary/aromatic N) is 1. The molecular formula is C8H19N3O2. The molecule has 0 spiro atoms. The van der Waals surface area contributed by atoms with Gasteiger partial charge in [-0.3, -0.25) is 10.2 Å². The van der Waals surface area contributed by atoms with E-state index in [9.17, 15) is 0 Å². The number of hydrogen-bond donors (Lipinski definition) is 3. The van der Waals surface area contributed by atoms with E-state index in [1.54, 1.807) is 0 Å². The molecule has 0 aromatic carbocycles. The van der Waals surface area contributed by atoms with Gasteiger partial charge in [0.1, 0.15) is 0 Å². The van der Waals surface area contributed by atoms with Gasteiger partial charge in [-0.15, -0.1) is 0 Å². The topological polar surface area (TPSA) is 90.4 Å². The fourth-order valence-electron chi connectivity index (χ4n) is 0.814. The zero-order chi connectivity index (χ0) is 11.0. The summed E-state index contributed by atoms with van der Waals surface area (Å²) in [5, 5.41) is 14.5. The molecule has 0 aliphatic heterocycles. The fourth-order valence-corrected chi connectivity index (χ4v) is 0.814. The zero-order valence-corrected chi connectivity index (χ0v) is 8.66. The first-order chi connectivity index (χ1) is 5.82. The standard InChI is InChI=1S/C6H15N3.C2H4O2/c1-4-9(5(2)3)6(7)8;1-2(3)4/h5H,4H2,1-3H3,(H3,7,8);1H3,(H,3,4). The number of rotatable bonds is 2. The van der Waals surface area contributed by atoms with Gasteiger partial charge in [0.15, 0.2) is 5.96 Å². The highest BCUT2D eigenvalue weighted by molar-refractivity contribution is 5.74. The lowest BCUT2D eigenvalue weighted by molar-refractivity contribution is -0.134. The quantitative estimate of drug-likeness (QED) is 0.440. The van der Waals surface area contributed by atoms with Crippen LogP contribution in [0.25, 0.3) is 0 Å². The van der Waals surface area contributed by atoms with Crippen LogP contribution in [0, 0.1) is 5.41 Å². The number of carboxylic acid groups (broad SMARTS) is 1. The largest absolute Gasteiger partial charge is 0.481 e. The molecule has 5 nitrogen and oxygen atoms in total. The highest BCUT2D eigenvalue weighted by Crippen LogP contribution is 1.93. The number of nitrogens with one attached hydrogen (secondary N) is 1. The lowest BCUT2D eigenvalue weighted by Crippen LogP contribution is -2.40. The molecule has 13 heavy (non-hydrogen) atoms. The van der Waals surface area contributed by atoms with Crippen molar-refractivity contribution in [3.63, 3.8) is 0 Å². The Morgan fingerprint density at radius 1 is 1.62 bits per heavy atom. The van der Waals surface area contributed by atoms with Crippen LogP contribution < -0.4 is 5.73 Å². The molecule has 0 radical (unpaired) electrons. The molecule has 0 aliphatic rings. The number of hydrogen-bond acceptors (Lipinski definition) is 2. The maximum absolute atomic E-state index is 9.00. The predicted molar refractivity (Wildman–Crippen MR) is 52.7 cm³/mol. The van der Waals surface area contributed by atoms with E-state index in [1.165, 1.54) is 0 Å². The van der Waals surface area contributed by atoms with Crippen LogP contribution in [0.2, 0.25) is 0 Å². The van der Waals surface area contributed by atoms with Crippen molar-refractivity contribution >= 4 is 11.9 Å². The summed E-state index contributed by atoms with van der Waals surface area (Å²) in [5.41, 5.74) is 5.26. The summed E-state index contributed by atoms with van der Waals surface area (Å²) < 4.78 is 0. The molecule has 0 amide bonds. The normalized spacial score (nSPS) is 8.69. The molecule has 0 unspecified atom stereocenters. The summed E-state index contributed by atoms with van der Waals surface area (Å²) in [7, 11) is 0. The highest BCUT2D eigenvalue weighted by Gasteiger charge is 2.05. The lowest BCUT2D eigenvalue weighted by atomic mass is 10.3. The summed E-state index contributed by atoms with van der Waals surface area (Å²) >= 11 is 0. The molecule has 0 bridgehead atoms. The number of carboxylic acids is 1. The van der Waals surface area contributed by atoms with E-state index in [0.717, 1.165) is 13.5 Å². The van der Waals surface area contributed by atoms with Crippen LogP contribution in [0.4, 0.5) is 0 Å². The van der Waals surface area contributed by atoms with E-state index >= 15 is 0 Å². The van der Waals surface area contributed by atoms with E-state index in [1.807, 2.05) is 25.7 Å². The minimum absolute atomic E-state index is 0.160. The second kappa shape index (κ2) is 7.39. The molecule has 78 valence electrons. The monoisotopic (exact) mass is 189 g/mol. The van der Waals surface area contributed by atoms with Crippen LogP contribution in [0.15, 0.2) is 0 Å². The van der Waals surface area contributed by atoms with Crippen molar-refractivity contribution < 1.29 is 9.90 Å². The number of guanidine groups is 1. The average Bonchev–Trinajstić information content (AvgIpc) is 1.84. The van der Waals surface area contributed by atoms with Gasteiger partial charge in [-0.1, -0.05) is 0 Å². The summed E-state index contributed by atoms with van der Waals surface area (Å²) in [5.74, 6) is -0.674. The van der Waals surface area contributed by atoms with Gasteiger partial charge in [0.25, 0.3) is 5.97 Å². The van der Waals surface area contributed by atoms with E-state index in [-0.39, 0.29) is 5.96 Å². The minimum atomic E-state index is -0.833. The molecule has 0 saturated heterocycles. The van der Waals surface area contributed by atoms with Crippen molar-refractivity contribution in [2.75, 3.05) is 6.54 Å². The Morgan fingerprint density at radius 2 is 1.92 bits per heavy atom. The van der Waals surface area contributed by atoms with Crippen LogP contribution in [0.1, 0.15) is 27.7 Å². The molecule has 0 heterocycles. The summed E-state index contributed by atoms with van der Waals surface area (Å²) in [6, 6.07) is 0.340. The van der Waals surface area contributed by atoms with Crippen molar-refractivity contribution in [1.82, 2.24) is 4.90 Å². The third-order valence-electron chi connectivity index (χ3n) is 1.27. The Labute approximate surface area is 79.0 Å². The summed E-state index contributed by atoms with van der Waals surface area (Å²) in [4.78, 5) is 10.8. The third-order valence-corrected chi connectivity index (χ3v) is 1.27. The van der Waals surface area contributed by atoms with Crippen LogP contribution in [0.5, 0.6) is 0 Å². The third kappa shape index (κ3) is 10.7. The Morgan fingerprint density at radius 3 is 1.92 bits per heavy atom. The van der Waals surface area contributed by atoms with Gasteiger partial charge >= 0.3 is 0 Å². The van der Waals surface area contributed by atoms with Gasteiger partial charge in [0.2, 0.25) is 0 Å². The highest BCUT2D eigenvalue weighted by atomic mass is 16.4. The number of nitrogens with two attached hydrogens (primary N) is 1. The van der Waals surface area contributed by atoms with Crippen molar-refractivity contribution in [3.8, 4) is 0 Å². The van der Waals surface area contributed by atoms with E-state index in [2.05, 4.69) is 0 Å². The lowest BCUT2D eigenvalue weighted by Gasteiger charge is -2.24. The van der Waals surface area contributed by atoms with Gasteiger partial charge in [0, 0.05) is 19.5 Å². The van der Waals surface area contributed by atoms with E-state index < -0.39 is 5.97 Å². The predicted octanol–water partition coefficient (Wildman–Crippen LogP) is 0.701. The second-order valence-electron chi connectivity index (χ2n) is 2.78. The molecule has 0 atom stereocenters. The van der Waals surface area contributed by atoms with Gasteiger partial charge in [0.05, 0.1) is 0 Å². The molecule has 4 N–H and O–H groups in total. The Kier molecular flexibility index (Phi) is 8.12. The van der Waals surface area contributed by atoms with Gasteiger partial charge < -0.3 is 15.7 Å².